The Morgan fingerprint density at radius 1 is 1.30 bits per heavy atom. The van der Waals surface area contributed by atoms with Crippen LogP contribution < -0.4 is 5.32 Å². The largest absolute Gasteiger partial charge is 0.334 e. The molecule has 2 aromatic rings. The molecule has 0 bridgehead atoms. The van der Waals surface area contributed by atoms with Gasteiger partial charge in [0, 0.05) is 37.0 Å². The zero-order valence-electron chi connectivity index (χ0n) is 16.6. The summed E-state index contributed by atoms with van der Waals surface area (Å²) in [6, 6.07) is 6.40. The Morgan fingerprint density at radius 3 is 2.70 bits per heavy atom. The first-order valence-corrected chi connectivity index (χ1v) is 9.78. The Labute approximate surface area is 160 Å². The fourth-order valence-corrected chi connectivity index (χ4v) is 4.17. The van der Waals surface area contributed by atoms with Crippen molar-refractivity contribution in [1.29, 1.82) is 0 Å². The van der Waals surface area contributed by atoms with E-state index in [1.54, 1.807) is 17.0 Å². The number of likely N-dealkylation sites (tertiary alicyclic amines) is 1. The summed E-state index contributed by atoms with van der Waals surface area (Å²) in [6.07, 6.45) is 2.48. The molecule has 2 amide bonds. The first kappa shape index (κ1) is 19.4. The summed E-state index contributed by atoms with van der Waals surface area (Å²) >= 11 is 0. The van der Waals surface area contributed by atoms with Gasteiger partial charge < -0.3 is 10.2 Å². The quantitative estimate of drug-likeness (QED) is 0.863. The second-order valence-electron chi connectivity index (χ2n) is 7.39. The smallest absolute Gasteiger partial charge is 0.318 e. The highest BCUT2D eigenvalue weighted by Gasteiger charge is 2.35. The van der Waals surface area contributed by atoms with Gasteiger partial charge in [0.2, 0.25) is 0 Å². The van der Waals surface area contributed by atoms with Gasteiger partial charge in [-0.2, -0.15) is 5.10 Å². The normalized spacial score (nSPS) is 19.5. The van der Waals surface area contributed by atoms with Crippen LogP contribution in [0.4, 0.5) is 9.18 Å². The lowest BCUT2D eigenvalue weighted by Crippen LogP contribution is -2.39. The van der Waals surface area contributed by atoms with Crippen LogP contribution >= 0.6 is 0 Å². The molecule has 1 aliphatic rings. The first-order chi connectivity index (χ1) is 13.0. The van der Waals surface area contributed by atoms with Gasteiger partial charge in [0.1, 0.15) is 5.82 Å². The SMILES string of the molecule is CCc1nn(C)c(CC)c1CNC(=O)N1CC(C)CC1c1ccccc1F. The number of benzene rings is 1. The molecule has 0 spiro atoms. The van der Waals surface area contributed by atoms with Crippen molar-refractivity contribution in [3.63, 3.8) is 0 Å². The summed E-state index contributed by atoms with van der Waals surface area (Å²) in [7, 11) is 1.94. The van der Waals surface area contributed by atoms with Crippen LogP contribution in [0, 0.1) is 11.7 Å². The third kappa shape index (κ3) is 3.84. The molecule has 1 aromatic heterocycles. The average molecular weight is 372 g/mol. The van der Waals surface area contributed by atoms with Crippen LogP contribution in [0.15, 0.2) is 24.3 Å². The molecule has 3 rings (SSSR count). The molecule has 1 N–H and O–H groups in total. The van der Waals surface area contributed by atoms with E-state index in [1.807, 2.05) is 17.8 Å². The van der Waals surface area contributed by atoms with Crippen molar-refractivity contribution in [1.82, 2.24) is 20.0 Å². The van der Waals surface area contributed by atoms with E-state index in [9.17, 15) is 9.18 Å². The second-order valence-corrected chi connectivity index (χ2v) is 7.39. The predicted octanol–water partition coefficient (Wildman–Crippen LogP) is 3.98. The Kier molecular flexibility index (Phi) is 5.82. The maximum absolute atomic E-state index is 14.3. The maximum Gasteiger partial charge on any atom is 0.318 e. The lowest BCUT2D eigenvalue weighted by atomic mass is 10.0. The lowest BCUT2D eigenvalue weighted by Gasteiger charge is -2.25. The van der Waals surface area contributed by atoms with E-state index in [0.29, 0.717) is 24.6 Å². The summed E-state index contributed by atoms with van der Waals surface area (Å²) in [4.78, 5) is 14.7. The number of rotatable bonds is 5. The zero-order chi connectivity index (χ0) is 19.6. The lowest BCUT2D eigenvalue weighted by molar-refractivity contribution is 0.190. The topological polar surface area (TPSA) is 50.2 Å². The summed E-state index contributed by atoms with van der Waals surface area (Å²) in [5, 5.41) is 7.62. The molecule has 0 saturated carbocycles. The van der Waals surface area contributed by atoms with Gasteiger partial charge in [-0.05, 0) is 31.2 Å². The van der Waals surface area contributed by atoms with Crippen LogP contribution in [-0.2, 0) is 26.4 Å². The molecular formula is C21H29FN4O. The molecule has 1 fully saturated rings. The van der Waals surface area contributed by atoms with Crippen LogP contribution in [0.1, 0.15) is 55.7 Å². The van der Waals surface area contributed by atoms with E-state index in [2.05, 4.69) is 31.2 Å². The fourth-order valence-electron chi connectivity index (χ4n) is 4.17. The molecule has 27 heavy (non-hydrogen) atoms. The molecular weight excluding hydrogens is 343 g/mol. The number of hydrogen-bond acceptors (Lipinski definition) is 2. The van der Waals surface area contributed by atoms with Crippen LogP contribution in [0.5, 0.6) is 0 Å². The highest BCUT2D eigenvalue weighted by molar-refractivity contribution is 5.75. The van der Waals surface area contributed by atoms with Gasteiger partial charge >= 0.3 is 6.03 Å². The summed E-state index contributed by atoms with van der Waals surface area (Å²) in [5.41, 5.74) is 3.87. The van der Waals surface area contributed by atoms with E-state index in [0.717, 1.165) is 36.2 Å². The summed E-state index contributed by atoms with van der Waals surface area (Å²) in [6.45, 7) is 7.36. The van der Waals surface area contributed by atoms with Crippen LogP contribution in [0.25, 0.3) is 0 Å². The predicted molar refractivity (Wildman–Crippen MR) is 104 cm³/mol. The molecule has 0 aliphatic carbocycles. The Balaban J connectivity index is 1.77. The van der Waals surface area contributed by atoms with Crippen molar-refractivity contribution < 1.29 is 9.18 Å². The minimum Gasteiger partial charge on any atom is -0.334 e. The van der Waals surface area contributed by atoms with Crippen LogP contribution in [0.3, 0.4) is 0 Å². The van der Waals surface area contributed by atoms with Crippen LogP contribution in [-0.4, -0.2) is 27.3 Å². The van der Waals surface area contributed by atoms with Crippen molar-refractivity contribution in [2.45, 2.75) is 52.6 Å². The number of urea groups is 1. The number of aromatic nitrogens is 2. The summed E-state index contributed by atoms with van der Waals surface area (Å²) < 4.78 is 16.2. The molecule has 2 atom stereocenters. The van der Waals surface area contributed by atoms with Gasteiger partial charge in [-0.25, -0.2) is 9.18 Å². The van der Waals surface area contributed by atoms with Gasteiger partial charge in [-0.15, -0.1) is 0 Å². The number of carbonyl (C=O) groups excluding carboxylic acids is 1. The van der Waals surface area contributed by atoms with E-state index >= 15 is 0 Å². The maximum atomic E-state index is 14.3. The minimum absolute atomic E-state index is 0.138. The number of carbonyl (C=O) groups is 1. The number of nitrogens with zero attached hydrogens (tertiary/aromatic N) is 3. The molecule has 2 unspecified atom stereocenters. The van der Waals surface area contributed by atoms with Crippen molar-refractivity contribution in [3.8, 4) is 0 Å². The van der Waals surface area contributed by atoms with Gasteiger partial charge in [-0.3, -0.25) is 4.68 Å². The number of hydrogen-bond donors (Lipinski definition) is 1. The Hall–Kier alpha value is -2.37. The van der Waals surface area contributed by atoms with E-state index in [1.165, 1.54) is 6.07 Å². The average Bonchev–Trinajstić information content (AvgIpc) is 3.19. The molecule has 1 aliphatic heterocycles. The number of aryl methyl sites for hydroxylation is 2. The molecule has 2 heterocycles. The van der Waals surface area contributed by atoms with Gasteiger partial charge in [0.25, 0.3) is 0 Å². The minimum atomic E-state index is -0.247. The van der Waals surface area contributed by atoms with E-state index < -0.39 is 0 Å². The third-order valence-electron chi connectivity index (χ3n) is 5.48. The molecule has 6 heteroatoms. The first-order valence-electron chi connectivity index (χ1n) is 9.78. The number of nitrogens with one attached hydrogen (secondary N) is 1. The highest BCUT2D eigenvalue weighted by Crippen LogP contribution is 2.36. The Morgan fingerprint density at radius 2 is 2.04 bits per heavy atom. The fraction of sp³-hybridized carbons (Fsp3) is 0.524. The number of amides is 2. The number of halogens is 1. The second kappa shape index (κ2) is 8.11. The summed E-state index contributed by atoms with van der Waals surface area (Å²) in [5.74, 6) is 0.0966. The highest BCUT2D eigenvalue weighted by atomic mass is 19.1. The molecule has 1 aromatic carbocycles. The third-order valence-corrected chi connectivity index (χ3v) is 5.48. The monoisotopic (exact) mass is 372 g/mol. The van der Waals surface area contributed by atoms with E-state index in [-0.39, 0.29) is 17.9 Å². The standard InChI is InChI=1S/C21H29FN4O/c1-5-18-16(19(6-2)25(4)24-18)12-23-21(27)26-13-14(3)11-20(26)15-9-7-8-10-17(15)22/h7-10,14,20H,5-6,11-13H2,1-4H3,(H,23,27). The zero-order valence-corrected chi connectivity index (χ0v) is 16.6. The van der Waals surface area contributed by atoms with E-state index in [4.69, 9.17) is 0 Å². The van der Waals surface area contributed by atoms with Crippen molar-refractivity contribution in [2.75, 3.05) is 6.54 Å². The Bertz CT molecular complexity index is 817. The van der Waals surface area contributed by atoms with Crippen molar-refractivity contribution >= 4 is 6.03 Å². The molecule has 1 saturated heterocycles. The molecule has 146 valence electrons. The van der Waals surface area contributed by atoms with Gasteiger partial charge in [0.05, 0.1) is 11.7 Å². The van der Waals surface area contributed by atoms with Crippen molar-refractivity contribution in [3.05, 3.63) is 52.6 Å². The van der Waals surface area contributed by atoms with Crippen LogP contribution in [0.2, 0.25) is 0 Å². The molecule has 0 radical (unpaired) electrons. The van der Waals surface area contributed by atoms with Crippen molar-refractivity contribution in [2.24, 2.45) is 13.0 Å². The van der Waals surface area contributed by atoms with Gasteiger partial charge in [0.15, 0.2) is 0 Å². The van der Waals surface area contributed by atoms with Gasteiger partial charge in [-0.1, -0.05) is 39.0 Å². The molecule has 5 nitrogen and oxygen atoms in total.